The van der Waals surface area contributed by atoms with Crippen molar-refractivity contribution in [1.29, 1.82) is 0 Å². The van der Waals surface area contributed by atoms with Gasteiger partial charge in [0.25, 0.3) is 5.91 Å². The standard InChI is InChI=1S/C23H18N2O3/c26-22(19-13-18-7-3-4-8-20(18)24-14-19)25-21(23(27)28)12-15-9-10-16-5-1-2-6-17(16)11-15/h1-11,13-14,21H,12H2,(H,25,26)(H,27,28)/t21-/m0/s1. The summed E-state index contributed by atoms with van der Waals surface area (Å²) in [5.41, 5.74) is 1.97. The van der Waals surface area contributed by atoms with Crippen molar-refractivity contribution in [3.8, 4) is 0 Å². The molecule has 1 aromatic heterocycles. The molecule has 138 valence electrons. The van der Waals surface area contributed by atoms with Crippen molar-refractivity contribution >= 4 is 33.6 Å². The lowest BCUT2D eigenvalue weighted by Crippen LogP contribution is -2.42. The molecular weight excluding hydrogens is 352 g/mol. The first-order valence-corrected chi connectivity index (χ1v) is 8.96. The molecule has 0 saturated heterocycles. The first kappa shape index (κ1) is 17.7. The molecule has 5 nitrogen and oxygen atoms in total. The maximum Gasteiger partial charge on any atom is 0.326 e. The molecule has 5 heteroatoms. The topological polar surface area (TPSA) is 79.3 Å². The Hall–Kier alpha value is -3.73. The number of nitrogens with one attached hydrogen (secondary N) is 1. The van der Waals surface area contributed by atoms with E-state index in [4.69, 9.17) is 0 Å². The van der Waals surface area contributed by atoms with Gasteiger partial charge < -0.3 is 10.4 Å². The normalized spacial score (nSPS) is 12.0. The summed E-state index contributed by atoms with van der Waals surface area (Å²) in [6.07, 6.45) is 1.67. The predicted molar refractivity (Wildman–Crippen MR) is 108 cm³/mol. The quantitative estimate of drug-likeness (QED) is 0.560. The van der Waals surface area contributed by atoms with Crippen molar-refractivity contribution in [2.24, 2.45) is 0 Å². The molecule has 0 aliphatic heterocycles. The summed E-state index contributed by atoms with van der Waals surface area (Å²) in [6.45, 7) is 0. The van der Waals surface area contributed by atoms with E-state index in [1.807, 2.05) is 66.7 Å². The van der Waals surface area contributed by atoms with Gasteiger partial charge in [-0.25, -0.2) is 4.79 Å². The van der Waals surface area contributed by atoms with Crippen molar-refractivity contribution in [3.05, 3.63) is 90.1 Å². The molecule has 4 rings (SSSR count). The lowest BCUT2D eigenvalue weighted by atomic mass is 10.0. The molecule has 1 amide bonds. The number of aromatic nitrogens is 1. The van der Waals surface area contributed by atoms with Crippen LogP contribution in [0.25, 0.3) is 21.7 Å². The summed E-state index contributed by atoms with van der Waals surface area (Å²) in [5, 5.41) is 15.2. The van der Waals surface area contributed by atoms with E-state index in [9.17, 15) is 14.7 Å². The molecule has 0 aliphatic rings. The zero-order valence-electron chi connectivity index (χ0n) is 15.0. The van der Waals surface area contributed by atoms with Crippen molar-refractivity contribution < 1.29 is 14.7 Å². The molecule has 0 spiro atoms. The number of carboxylic acids is 1. The van der Waals surface area contributed by atoms with Crippen LogP contribution in [0.2, 0.25) is 0 Å². The number of para-hydroxylation sites is 1. The van der Waals surface area contributed by atoms with Crippen molar-refractivity contribution in [2.75, 3.05) is 0 Å². The summed E-state index contributed by atoms with van der Waals surface area (Å²) < 4.78 is 0. The Bertz CT molecular complexity index is 1190. The fourth-order valence-corrected chi connectivity index (χ4v) is 3.24. The van der Waals surface area contributed by atoms with Crippen LogP contribution in [-0.4, -0.2) is 28.0 Å². The van der Waals surface area contributed by atoms with E-state index in [-0.39, 0.29) is 6.42 Å². The summed E-state index contributed by atoms with van der Waals surface area (Å²) in [5.74, 6) is -1.53. The molecule has 2 N–H and O–H groups in total. The highest BCUT2D eigenvalue weighted by atomic mass is 16.4. The van der Waals surface area contributed by atoms with E-state index in [0.717, 1.165) is 27.2 Å². The minimum atomic E-state index is -1.07. The van der Waals surface area contributed by atoms with E-state index in [1.54, 1.807) is 6.07 Å². The van der Waals surface area contributed by atoms with Gasteiger partial charge in [0.05, 0.1) is 11.1 Å². The number of amides is 1. The number of hydrogen-bond acceptors (Lipinski definition) is 3. The molecule has 4 aromatic rings. The zero-order valence-corrected chi connectivity index (χ0v) is 15.0. The second kappa shape index (κ2) is 7.48. The number of nitrogens with zero attached hydrogens (tertiary/aromatic N) is 1. The van der Waals surface area contributed by atoms with E-state index >= 15 is 0 Å². The molecule has 0 unspecified atom stereocenters. The highest BCUT2D eigenvalue weighted by Crippen LogP contribution is 2.17. The molecule has 1 atom stereocenters. The fourth-order valence-electron chi connectivity index (χ4n) is 3.24. The average molecular weight is 370 g/mol. The smallest absolute Gasteiger partial charge is 0.326 e. The van der Waals surface area contributed by atoms with Crippen molar-refractivity contribution in [2.45, 2.75) is 12.5 Å². The second-order valence-electron chi connectivity index (χ2n) is 6.67. The Morgan fingerprint density at radius 1 is 0.893 bits per heavy atom. The number of rotatable bonds is 5. The van der Waals surface area contributed by atoms with Crippen LogP contribution in [0.5, 0.6) is 0 Å². The SMILES string of the molecule is O=C(N[C@@H](Cc1ccc2ccccc2c1)C(=O)O)c1cnc2ccccc2c1. The highest BCUT2D eigenvalue weighted by molar-refractivity contribution is 5.99. The van der Waals surface area contributed by atoms with Crippen LogP contribution in [0.3, 0.4) is 0 Å². The van der Waals surface area contributed by atoms with Gasteiger partial charge in [-0.15, -0.1) is 0 Å². The predicted octanol–water partition coefficient (Wildman–Crippen LogP) is 3.81. The minimum Gasteiger partial charge on any atom is -0.480 e. The number of pyridine rings is 1. The zero-order chi connectivity index (χ0) is 19.5. The monoisotopic (exact) mass is 370 g/mol. The number of benzene rings is 3. The Labute approximate surface area is 161 Å². The molecule has 0 bridgehead atoms. The lowest BCUT2D eigenvalue weighted by molar-refractivity contribution is -0.139. The molecule has 1 heterocycles. The molecule has 0 radical (unpaired) electrons. The Kier molecular flexibility index (Phi) is 4.72. The van der Waals surface area contributed by atoms with E-state index in [0.29, 0.717) is 5.56 Å². The summed E-state index contributed by atoms with van der Waals surface area (Å²) in [6, 6.07) is 21.8. The molecule has 0 fully saturated rings. The van der Waals surface area contributed by atoms with E-state index < -0.39 is 17.9 Å². The highest BCUT2D eigenvalue weighted by Gasteiger charge is 2.21. The number of carboxylic acid groups (broad SMARTS) is 1. The molecular formula is C23H18N2O3. The molecule has 28 heavy (non-hydrogen) atoms. The average Bonchev–Trinajstić information content (AvgIpc) is 2.72. The van der Waals surface area contributed by atoms with Gasteiger partial charge in [-0.05, 0) is 28.5 Å². The molecule has 0 aliphatic carbocycles. The number of carbonyl (C=O) groups excluding carboxylic acids is 1. The van der Waals surface area contributed by atoms with Gasteiger partial charge in [0, 0.05) is 18.0 Å². The van der Waals surface area contributed by atoms with E-state index in [1.165, 1.54) is 6.20 Å². The maximum atomic E-state index is 12.6. The van der Waals surface area contributed by atoms with Crippen LogP contribution in [0.4, 0.5) is 0 Å². The Morgan fingerprint density at radius 2 is 1.61 bits per heavy atom. The van der Waals surface area contributed by atoms with Crippen molar-refractivity contribution in [3.63, 3.8) is 0 Å². The third-order valence-corrected chi connectivity index (χ3v) is 4.71. The summed E-state index contributed by atoms with van der Waals surface area (Å²) >= 11 is 0. The largest absolute Gasteiger partial charge is 0.480 e. The van der Waals surface area contributed by atoms with Gasteiger partial charge in [-0.1, -0.05) is 60.7 Å². The van der Waals surface area contributed by atoms with Crippen LogP contribution in [0.1, 0.15) is 15.9 Å². The van der Waals surface area contributed by atoms with Crippen LogP contribution < -0.4 is 5.32 Å². The van der Waals surface area contributed by atoms with Crippen LogP contribution in [0, 0.1) is 0 Å². The van der Waals surface area contributed by atoms with Crippen LogP contribution in [-0.2, 0) is 11.2 Å². The Morgan fingerprint density at radius 3 is 2.39 bits per heavy atom. The number of carbonyl (C=O) groups is 2. The minimum absolute atomic E-state index is 0.201. The molecule has 0 saturated carbocycles. The number of fused-ring (bicyclic) bond motifs is 2. The number of hydrogen-bond donors (Lipinski definition) is 2. The number of aliphatic carboxylic acids is 1. The third kappa shape index (κ3) is 3.69. The van der Waals surface area contributed by atoms with Gasteiger partial charge in [0.2, 0.25) is 0 Å². The van der Waals surface area contributed by atoms with Gasteiger partial charge in [-0.2, -0.15) is 0 Å². The van der Waals surface area contributed by atoms with Crippen LogP contribution >= 0.6 is 0 Å². The molecule has 3 aromatic carbocycles. The van der Waals surface area contributed by atoms with E-state index in [2.05, 4.69) is 10.3 Å². The van der Waals surface area contributed by atoms with Gasteiger partial charge in [-0.3, -0.25) is 9.78 Å². The Balaban J connectivity index is 1.55. The fraction of sp³-hybridized carbons (Fsp3) is 0.0870. The van der Waals surface area contributed by atoms with Crippen LogP contribution in [0.15, 0.2) is 79.0 Å². The van der Waals surface area contributed by atoms with Gasteiger partial charge in [0.15, 0.2) is 0 Å². The van der Waals surface area contributed by atoms with Crippen molar-refractivity contribution in [1.82, 2.24) is 10.3 Å². The summed E-state index contributed by atoms with van der Waals surface area (Å²) in [7, 11) is 0. The summed E-state index contributed by atoms with van der Waals surface area (Å²) in [4.78, 5) is 28.6. The van der Waals surface area contributed by atoms with Gasteiger partial charge in [0.1, 0.15) is 6.04 Å². The lowest BCUT2D eigenvalue weighted by Gasteiger charge is -2.15. The third-order valence-electron chi connectivity index (χ3n) is 4.71. The first-order valence-electron chi connectivity index (χ1n) is 8.96. The second-order valence-corrected chi connectivity index (χ2v) is 6.67. The maximum absolute atomic E-state index is 12.6. The van der Waals surface area contributed by atoms with Gasteiger partial charge >= 0.3 is 5.97 Å². The first-order chi connectivity index (χ1) is 13.6.